The maximum atomic E-state index is 5.31. The minimum atomic E-state index is 0.753. The second-order valence-corrected chi connectivity index (χ2v) is 6.07. The normalized spacial score (nSPS) is 11.2. The van der Waals surface area contributed by atoms with Gasteiger partial charge in [-0.15, -0.1) is 17.1 Å². The Hall–Kier alpha value is -2.34. The third-order valence-electron chi connectivity index (χ3n) is 3.41. The van der Waals surface area contributed by atoms with E-state index < -0.39 is 0 Å². The SMILES string of the molecule is C=COc1ccc(N(C=C(C=P)C=PC)c2ccc(OC)cc2)cc1. The standard InChI is InChI=1S/C20H21NO2P2/c1-4-23-20-11-7-18(8-12-20)21(13-16(14-24)15-25-3)17-5-9-19(22-2)10-6-17/h4-15,24H,1H2,2-3H3. The van der Waals surface area contributed by atoms with E-state index in [2.05, 4.69) is 39.0 Å². The number of methoxy groups -OCH3 is 1. The highest BCUT2D eigenvalue weighted by Crippen LogP contribution is 2.29. The van der Waals surface area contributed by atoms with Crippen LogP contribution in [0.25, 0.3) is 0 Å². The second kappa shape index (κ2) is 9.84. The van der Waals surface area contributed by atoms with Crippen molar-refractivity contribution < 1.29 is 9.47 Å². The highest BCUT2D eigenvalue weighted by atomic mass is 31.1. The van der Waals surface area contributed by atoms with Gasteiger partial charge < -0.3 is 14.4 Å². The summed E-state index contributed by atoms with van der Waals surface area (Å²) in [6.07, 6.45) is 3.50. The maximum Gasteiger partial charge on any atom is 0.126 e. The third kappa shape index (κ3) is 5.32. The summed E-state index contributed by atoms with van der Waals surface area (Å²) in [6, 6.07) is 15.8. The zero-order chi connectivity index (χ0) is 18.1. The molecule has 0 N–H and O–H groups in total. The average Bonchev–Trinajstić information content (AvgIpc) is 2.66. The first kappa shape index (κ1) is 19.0. The van der Waals surface area contributed by atoms with Crippen LogP contribution in [0, 0.1) is 0 Å². The summed E-state index contributed by atoms with van der Waals surface area (Å²) in [4.78, 5) is 2.12. The Balaban J connectivity index is 2.46. The second-order valence-electron chi connectivity index (χ2n) is 5.01. The van der Waals surface area contributed by atoms with E-state index in [0.717, 1.165) is 28.4 Å². The van der Waals surface area contributed by atoms with Crippen molar-refractivity contribution >= 4 is 40.0 Å². The van der Waals surface area contributed by atoms with Crippen molar-refractivity contribution in [1.29, 1.82) is 0 Å². The predicted octanol–water partition coefficient (Wildman–Crippen LogP) is 5.56. The van der Waals surface area contributed by atoms with Crippen molar-refractivity contribution in [3.8, 4) is 11.5 Å². The van der Waals surface area contributed by atoms with Crippen molar-refractivity contribution in [2.75, 3.05) is 18.7 Å². The van der Waals surface area contributed by atoms with Crippen LogP contribution >= 0.6 is 17.1 Å². The molecule has 0 unspecified atom stereocenters. The lowest BCUT2D eigenvalue weighted by atomic mass is 10.2. The van der Waals surface area contributed by atoms with E-state index in [1.807, 2.05) is 54.3 Å². The van der Waals surface area contributed by atoms with Gasteiger partial charge in [0.1, 0.15) is 11.5 Å². The van der Waals surface area contributed by atoms with Crippen LogP contribution in [0.1, 0.15) is 0 Å². The molecular formula is C20H21NO2P2. The van der Waals surface area contributed by atoms with Gasteiger partial charge in [-0.1, -0.05) is 6.58 Å². The molecule has 2 rings (SSSR count). The van der Waals surface area contributed by atoms with Crippen LogP contribution in [-0.4, -0.2) is 25.4 Å². The van der Waals surface area contributed by atoms with E-state index >= 15 is 0 Å². The molecule has 0 aromatic heterocycles. The molecule has 5 heteroatoms. The van der Waals surface area contributed by atoms with Gasteiger partial charge in [0.2, 0.25) is 0 Å². The van der Waals surface area contributed by atoms with Crippen molar-refractivity contribution in [3.63, 3.8) is 0 Å². The van der Waals surface area contributed by atoms with Crippen LogP contribution in [0.15, 0.2) is 73.1 Å². The van der Waals surface area contributed by atoms with Crippen LogP contribution in [-0.2, 0) is 0 Å². The molecule has 0 atom stereocenters. The first-order valence-corrected chi connectivity index (χ1v) is 9.66. The van der Waals surface area contributed by atoms with Gasteiger partial charge in [-0.3, -0.25) is 0 Å². The molecule has 0 amide bonds. The Bertz CT molecular complexity index is 765. The number of benzene rings is 2. The summed E-state index contributed by atoms with van der Waals surface area (Å²) >= 11 is 0. The first-order valence-electron chi connectivity index (χ1n) is 7.67. The number of ether oxygens (including phenoxy) is 2. The van der Waals surface area contributed by atoms with E-state index in [4.69, 9.17) is 9.47 Å². The van der Waals surface area contributed by atoms with Crippen molar-refractivity contribution in [2.45, 2.75) is 0 Å². The van der Waals surface area contributed by atoms with Gasteiger partial charge in [-0.2, -0.15) is 0 Å². The molecule has 0 aliphatic rings. The van der Waals surface area contributed by atoms with Gasteiger partial charge in [0.25, 0.3) is 0 Å². The number of hydrogen-bond acceptors (Lipinski definition) is 3. The average molecular weight is 369 g/mol. The molecule has 0 bridgehead atoms. The van der Waals surface area contributed by atoms with E-state index in [1.165, 1.54) is 14.5 Å². The summed E-state index contributed by atoms with van der Waals surface area (Å²) in [5.41, 5.74) is 3.13. The van der Waals surface area contributed by atoms with Gasteiger partial charge in [-0.05, 0) is 72.4 Å². The molecule has 25 heavy (non-hydrogen) atoms. The molecule has 0 saturated heterocycles. The fourth-order valence-corrected chi connectivity index (χ4v) is 2.97. The van der Waals surface area contributed by atoms with E-state index in [0.29, 0.717) is 0 Å². The lowest BCUT2D eigenvalue weighted by molar-refractivity contribution is 0.415. The fraction of sp³-hybridized carbons (Fsp3) is 0.100. The molecule has 0 spiro atoms. The maximum absolute atomic E-state index is 5.31. The lowest BCUT2D eigenvalue weighted by Gasteiger charge is -2.22. The Morgan fingerprint density at radius 3 is 2.04 bits per heavy atom. The minimum absolute atomic E-state index is 0.753. The number of rotatable bonds is 8. The summed E-state index contributed by atoms with van der Waals surface area (Å²) in [7, 11) is 6.34. The molecule has 128 valence electrons. The largest absolute Gasteiger partial charge is 0.497 e. The van der Waals surface area contributed by atoms with Gasteiger partial charge in [0.15, 0.2) is 0 Å². The van der Waals surface area contributed by atoms with E-state index in [-0.39, 0.29) is 0 Å². The molecule has 0 aliphatic heterocycles. The summed E-state index contributed by atoms with van der Waals surface area (Å²) in [5.74, 6) is 5.61. The summed E-state index contributed by atoms with van der Waals surface area (Å²) < 4.78 is 10.6. The van der Waals surface area contributed by atoms with Crippen LogP contribution in [0.5, 0.6) is 11.5 Å². The van der Waals surface area contributed by atoms with Gasteiger partial charge in [0.05, 0.1) is 13.4 Å². The number of allylic oxidation sites excluding steroid dienone is 1. The molecule has 0 saturated carbocycles. The monoisotopic (exact) mass is 369 g/mol. The zero-order valence-electron chi connectivity index (χ0n) is 14.3. The van der Waals surface area contributed by atoms with Crippen LogP contribution < -0.4 is 14.4 Å². The Morgan fingerprint density at radius 1 is 1.04 bits per heavy atom. The lowest BCUT2D eigenvalue weighted by Crippen LogP contribution is -2.10. The molecule has 3 nitrogen and oxygen atoms in total. The predicted molar refractivity (Wildman–Crippen MR) is 114 cm³/mol. The Kier molecular flexibility index (Phi) is 7.47. The van der Waals surface area contributed by atoms with Crippen molar-refractivity contribution in [3.05, 3.63) is 73.1 Å². The number of anilines is 2. The highest BCUT2D eigenvalue weighted by Gasteiger charge is 2.08. The van der Waals surface area contributed by atoms with Gasteiger partial charge in [-0.25, -0.2) is 0 Å². The summed E-state index contributed by atoms with van der Waals surface area (Å²) in [6.45, 7) is 5.67. The molecule has 0 aliphatic carbocycles. The molecule has 0 fully saturated rings. The highest BCUT2D eigenvalue weighted by molar-refractivity contribution is 7.38. The molecule has 0 radical (unpaired) electrons. The van der Waals surface area contributed by atoms with Crippen LogP contribution in [0.2, 0.25) is 0 Å². The van der Waals surface area contributed by atoms with Crippen LogP contribution in [0.3, 0.4) is 0 Å². The van der Waals surface area contributed by atoms with Crippen molar-refractivity contribution in [2.24, 2.45) is 0 Å². The van der Waals surface area contributed by atoms with Gasteiger partial charge >= 0.3 is 0 Å². The molecule has 2 aromatic carbocycles. The first-order chi connectivity index (χ1) is 12.2. The van der Waals surface area contributed by atoms with Crippen LogP contribution in [0.4, 0.5) is 11.4 Å². The van der Waals surface area contributed by atoms with E-state index in [1.54, 1.807) is 7.11 Å². The molecule has 2 aromatic rings. The summed E-state index contributed by atoms with van der Waals surface area (Å²) in [5, 5.41) is 0. The van der Waals surface area contributed by atoms with Crippen molar-refractivity contribution in [1.82, 2.24) is 0 Å². The van der Waals surface area contributed by atoms with Gasteiger partial charge in [0, 0.05) is 17.6 Å². The molecule has 0 heterocycles. The Morgan fingerprint density at radius 2 is 1.60 bits per heavy atom. The number of nitrogens with zero attached hydrogens (tertiary/aromatic N) is 1. The molecular weight excluding hydrogens is 348 g/mol. The Labute approximate surface area is 153 Å². The van der Waals surface area contributed by atoms with E-state index in [9.17, 15) is 0 Å². The quantitative estimate of drug-likeness (QED) is 0.449. The fourth-order valence-electron chi connectivity index (χ4n) is 2.23. The minimum Gasteiger partial charge on any atom is -0.497 e. The topological polar surface area (TPSA) is 21.7 Å². The third-order valence-corrected chi connectivity index (χ3v) is 4.30. The zero-order valence-corrected chi connectivity index (χ0v) is 16.2. The smallest absolute Gasteiger partial charge is 0.126 e. The number of hydrogen-bond donors (Lipinski definition) is 0.